The maximum Gasteiger partial charge on any atom is 0.262 e. The number of ether oxygens (including phenoxy) is 3. The van der Waals surface area contributed by atoms with E-state index in [1.165, 1.54) is 50.6 Å². The summed E-state index contributed by atoms with van der Waals surface area (Å²) in [6, 6.07) is 15.4. The van der Waals surface area contributed by atoms with Crippen LogP contribution in [0.4, 0.5) is 15.8 Å². The van der Waals surface area contributed by atoms with Gasteiger partial charge in [0.15, 0.2) is 18.1 Å². The fourth-order valence-electron chi connectivity index (χ4n) is 2.71. The lowest BCUT2D eigenvalue weighted by atomic mass is 10.2. The van der Waals surface area contributed by atoms with E-state index in [2.05, 4.69) is 10.0 Å². The summed E-state index contributed by atoms with van der Waals surface area (Å²) < 4.78 is 56.0. The van der Waals surface area contributed by atoms with Gasteiger partial charge in [0.2, 0.25) is 0 Å². The van der Waals surface area contributed by atoms with E-state index in [9.17, 15) is 17.6 Å². The van der Waals surface area contributed by atoms with Crippen molar-refractivity contribution in [3.63, 3.8) is 0 Å². The highest BCUT2D eigenvalue weighted by molar-refractivity contribution is 7.92. The number of amides is 1. The van der Waals surface area contributed by atoms with Gasteiger partial charge < -0.3 is 19.5 Å². The molecule has 8 nitrogen and oxygen atoms in total. The van der Waals surface area contributed by atoms with Gasteiger partial charge in [0.1, 0.15) is 11.6 Å². The second-order valence-corrected chi connectivity index (χ2v) is 8.17. The molecule has 0 aliphatic heterocycles. The normalized spacial score (nSPS) is 10.8. The molecule has 0 fully saturated rings. The van der Waals surface area contributed by atoms with Crippen LogP contribution in [0.1, 0.15) is 0 Å². The molecule has 0 spiro atoms. The third-order valence-electron chi connectivity index (χ3n) is 4.27. The third-order valence-corrected chi connectivity index (χ3v) is 5.66. The summed E-state index contributed by atoms with van der Waals surface area (Å²) in [5.74, 6) is 0.438. The molecule has 0 aliphatic rings. The molecular weight excluding hydrogens is 439 g/mol. The molecule has 0 bridgehead atoms. The van der Waals surface area contributed by atoms with Gasteiger partial charge in [-0.3, -0.25) is 9.52 Å². The Hall–Kier alpha value is -3.79. The third kappa shape index (κ3) is 5.88. The molecule has 0 aliphatic carbocycles. The Morgan fingerprint density at radius 3 is 2.12 bits per heavy atom. The van der Waals surface area contributed by atoms with E-state index in [1.54, 1.807) is 18.2 Å². The molecule has 1 amide bonds. The number of carbonyl (C=O) groups is 1. The van der Waals surface area contributed by atoms with Crippen molar-refractivity contribution in [2.24, 2.45) is 0 Å². The average molecular weight is 460 g/mol. The van der Waals surface area contributed by atoms with Crippen LogP contribution < -0.4 is 24.2 Å². The van der Waals surface area contributed by atoms with Crippen molar-refractivity contribution < 1.29 is 31.8 Å². The number of carbonyl (C=O) groups excluding carboxylic acids is 1. The lowest BCUT2D eigenvalue weighted by Crippen LogP contribution is -2.20. The molecule has 0 aromatic heterocycles. The number of methoxy groups -OCH3 is 2. The van der Waals surface area contributed by atoms with Crippen LogP contribution in [0, 0.1) is 5.82 Å². The molecule has 3 aromatic rings. The highest BCUT2D eigenvalue weighted by Gasteiger charge is 2.15. The highest BCUT2D eigenvalue weighted by Crippen LogP contribution is 2.29. The molecule has 3 rings (SSSR count). The van der Waals surface area contributed by atoms with Gasteiger partial charge in [-0.05, 0) is 60.7 Å². The smallest absolute Gasteiger partial charge is 0.262 e. The van der Waals surface area contributed by atoms with Crippen molar-refractivity contribution in [2.75, 3.05) is 30.9 Å². The van der Waals surface area contributed by atoms with Crippen LogP contribution in [0.5, 0.6) is 17.2 Å². The van der Waals surface area contributed by atoms with Gasteiger partial charge in [0.05, 0.1) is 19.1 Å². The Kier molecular flexibility index (Phi) is 7.16. The molecule has 0 radical (unpaired) electrons. The molecule has 0 heterocycles. The zero-order valence-corrected chi connectivity index (χ0v) is 18.1. The first-order valence-electron chi connectivity index (χ1n) is 9.34. The number of nitrogens with one attached hydrogen (secondary N) is 2. The van der Waals surface area contributed by atoms with E-state index in [0.29, 0.717) is 22.9 Å². The van der Waals surface area contributed by atoms with Crippen molar-refractivity contribution >= 4 is 27.3 Å². The van der Waals surface area contributed by atoms with E-state index in [0.717, 1.165) is 12.1 Å². The second kappa shape index (κ2) is 10.0. The molecule has 3 aromatic carbocycles. The first kappa shape index (κ1) is 22.9. The SMILES string of the molecule is COc1ccc(NC(=O)COc2ccc(S(=O)(=O)Nc3ccc(F)cc3)cc2)cc1OC. The summed E-state index contributed by atoms with van der Waals surface area (Å²) in [5, 5.41) is 2.67. The second-order valence-electron chi connectivity index (χ2n) is 6.49. The van der Waals surface area contributed by atoms with E-state index >= 15 is 0 Å². The summed E-state index contributed by atoms with van der Waals surface area (Å²) in [5.41, 5.74) is 0.739. The van der Waals surface area contributed by atoms with E-state index < -0.39 is 21.7 Å². The molecule has 0 atom stereocenters. The number of benzene rings is 3. The Balaban J connectivity index is 1.57. The molecule has 0 unspecified atom stereocenters. The molecular formula is C22H21FN2O6S. The lowest BCUT2D eigenvalue weighted by Gasteiger charge is -2.11. The highest BCUT2D eigenvalue weighted by atomic mass is 32.2. The zero-order valence-electron chi connectivity index (χ0n) is 17.3. The Morgan fingerprint density at radius 2 is 1.50 bits per heavy atom. The monoisotopic (exact) mass is 460 g/mol. The van der Waals surface area contributed by atoms with Gasteiger partial charge in [-0.1, -0.05) is 0 Å². The van der Waals surface area contributed by atoms with E-state index in [1.807, 2.05) is 0 Å². The first-order chi connectivity index (χ1) is 15.3. The van der Waals surface area contributed by atoms with Crippen molar-refractivity contribution in [2.45, 2.75) is 4.90 Å². The summed E-state index contributed by atoms with van der Waals surface area (Å²) in [6.45, 7) is -0.283. The minimum absolute atomic E-state index is 0.0102. The van der Waals surface area contributed by atoms with Crippen molar-refractivity contribution in [1.82, 2.24) is 0 Å². The molecule has 0 saturated heterocycles. The number of anilines is 2. The molecule has 168 valence electrons. The molecule has 10 heteroatoms. The molecule has 2 N–H and O–H groups in total. The fourth-order valence-corrected chi connectivity index (χ4v) is 3.77. The largest absolute Gasteiger partial charge is 0.493 e. The number of hydrogen-bond donors (Lipinski definition) is 2. The topological polar surface area (TPSA) is 103 Å². The van der Waals surface area contributed by atoms with E-state index in [-0.39, 0.29) is 17.2 Å². The van der Waals surface area contributed by atoms with E-state index in [4.69, 9.17) is 14.2 Å². The van der Waals surface area contributed by atoms with Gasteiger partial charge in [0.25, 0.3) is 15.9 Å². The van der Waals surface area contributed by atoms with Crippen LogP contribution in [0.15, 0.2) is 71.6 Å². The van der Waals surface area contributed by atoms with Crippen LogP contribution in [-0.4, -0.2) is 35.2 Å². The Bertz CT molecular complexity index is 1180. The van der Waals surface area contributed by atoms with Gasteiger partial charge in [0, 0.05) is 17.4 Å². The minimum atomic E-state index is -3.86. The predicted octanol–water partition coefficient (Wildman–Crippen LogP) is 3.66. The lowest BCUT2D eigenvalue weighted by molar-refractivity contribution is -0.118. The minimum Gasteiger partial charge on any atom is -0.493 e. The fraction of sp³-hybridized carbons (Fsp3) is 0.136. The summed E-state index contributed by atoms with van der Waals surface area (Å²) >= 11 is 0. The maximum absolute atomic E-state index is 13.0. The van der Waals surface area contributed by atoms with Crippen LogP contribution in [0.25, 0.3) is 0 Å². The number of rotatable bonds is 9. The van der Waals surface area contributed by atoms with Gasteiger partial charge in [-0.25, -0.2) is 12.8 Å². The van der Waals surface area contributed by atoms with Gasteiger partial charge >= 0.3 is 0 Å². The van der Waals surface area contributed by atoms with Gasteiger partial charge in [-0.2, -0.15) is 0 Å². The van der Waals surface area contributed by atoms with Crippen LogP contribution >= 0.6 is 0 Å². The van der Waals surface area contributed by atoms with Gasteiger partial charge in [-0.15, -0.1) is 0 Å². The predicted molar refractivity (Wildman–Crippen MR) is 117 cm³/mol. The Morgan fingerprint density at radius 1 is 0.875 bits per heavy atom. The number of hydrogen-bond acceptors (Lipinski definition) is 6. The van der Waals surface area contributed by atoms with Crippen molar-refractivity contribution in [1.29, 1.82) is 0 Å². The average Bonchev–Trinajstić information content (AvgIpc) is 2.79. The number of halogens is 1. The van der Waals surface area contributed by atoms with Crippen LogP contribution in [-0.2, 0) is 14.8 Å². The van der Waals surface area contributed by atoms with Crippen LogP contribution in [0.2, 0.25) is 0 Å². The molecule has 0 saturated carbocycles. The first-order valence-corrected chi connectivity index (χ1v) is 10.8. The standard InChI is InChI=1S/C22H21FN2O6S/c1-29-20-12-7-17(13-21(20)30-2)24-22(26)14-31-18-8-10-19(11-9-18)32(27,28)25-16-5-3-15(23)4-6-16/h3-13,25H,14H2,1-2H3,(H,24,26). The van der Waals surface area contributed by atoms with Crippen molar-refractivity contribution in [3.05, 3.63) is 72.5 Å². The summed E-state index contributed by atoms with van der Waals surface area (Å²) in [6.07, 6.45) is 0. The van der Waals surface area contributed by atoms with Crippen molar-refractivity contribution in [3.8, 4) is 17.2 Å². The zero-order chi connectivity index (χ0) is 23.1. The summed E-state index contributed by atoms with van der Waals surface area (Å²) in [7, 11) is -0.852. The Labute approximate surface area is 185 Å². The maximum atomic E-state index is 13.0. The quantitative estimate of drug-likeness (QED) is 0.505. The molecule has 32 heavy (non-hydrogen) atoms. The summed E-state index contributed by atoms with van der Waals surface area (Å²) in [4.78, 5) is 12.1. The van der Waals surface area contributed by atoms with Crippen LogP contribution in [0.3, 0.4) is 0 Å². The number of sulfonamides is 1.